The van der Waals surface area contributed by atoms with Crippen molar-refractivity contribution in [1.29, 1.82) is 0 Å². The Balaban J connectivity index is 3.51. The average molecular weight is 317 g/mol. The molecular weight excluding hydrogens is 280 g/mol. The van der Waals surface area contributed by atoms with Crippen molar-refractivity contribution in [2.45, 2.75) is 116 Å². The van der Waals surface area contributed by atoms with Gasteiger partial charge in [-0.15, -0.1) is 0 Å². The lowest BCUT2D eigenvalue weighted by Gasteiger charge is -2.18. The fraction of sp³-hybridized carbons (Fsp3) is 1.00. The van der Waals surface area contributed by atoms with Crippen LogP contribution in [0.5, 0.6) is 0 Å². The Morgan fingerprint density at radius 1 is 0.667 bits per heavy atom. The zero-order chi connectivity index (χ0) is 16.2. The van der Waals surface area contributed by atoms with E-state index in [9.17, 15) is 0 Å². The van der Waals surface area contributed by atoms with E-state index in [2.05, 4.69) is 17.2 Å². The van der Waals surface area contributed by atoms with Gasteiger partial charge < -0.3 is 0 Å². The van der Waals surface area contributed by atoms with Gasteiger partial charge >= 0.3 is 0 Å². The van der Waals surface area contributed by atoms with Crippen molar-refractivity contribution >= 4 is 11.6 Å². The number of halogens is 1. The first-order valence-corrected chi connectivity index (χ1v) is 9.27. The zero-order valence-electron chi connectivity index (χ0n) is 15.1. The number of hydrogen-bond donors (Lipinski definition) is 0. The van der Waals surface area contributed by atoms with E-state index in [1.165, 1.54) is 57.8 Å². The maximum absolute atomic E-state index is 6.39. The molecular formula is C18H37ClN2. The third-order valence-corrected chi connectivity index (χ3v) is 3.81. The van der Waals surface area contributed by atoms with Crippen LogP contribution in [0.15, 0.2) is 10.2 Å². The first-order chi connectivity index (χ1) is 9.77. The Kier molecular flexibility index (Phi) is 11.4. The van der Waals surface area contributed by atoms with E-state index in [4.69, 9.17) is 11.6 Å². The number of unbranched alkanes of at least 4 members (excludes halogenated alkanes) is 9. The highest BCUT2D eigenvalue weighted by atomic mass is 35.5. The van der Waals surface area contributed by atoms with Crippen molar-refractivity contribution in [3.8, 4) is 0 Å². The van der Waals surface area contributed by atoms with E-state index in [1.54, 1.807) is 0 Å². The number of alkyl halides is 1. The largest absolute Gasteiger partial charge is 0.187 e. The summed E-state index contributed by atoms with van der Waals surface area (Å²) in [4.78, 5) is -0.520. The first kappa shape index (κ1) is 20.9. The quantitative estimate of drug-likeness (QED) is 0.154. The molecule has 0 amide bonds. The van der Waals surface area contributed by atoms with Crippen LogP contribution in [0.25, 0.3) is 0 Å². The molecule has 3 heteroatoms. The van der Waals surface area contributed by atoms with E-state index >= 15 is 0 Å². The lowest BCUT2D eigenvalue weighted by Crippen LogP contribution is -2.16. The Hall–Kier alpha value is -0.110. The smallest absolute Gasteiger partial charge is 0.151 e. The van der Waals surface area contributed by atoms with Crippen molar-refractivity contribution in [2.75, 3.05) is 0 Å². The van der Waals surface area contributed by atoms with Crippen LogP contribution < -0.4 is 0 Å². The van der Waals surface area contributed by atoms with Gasteiger partial charge in [0.2, 0.25) is 0 Å². The van der Waals surface area contributed by atoms with Crippen molar-refractivity contribution in [2.24, 2.45) is 10.2 Å². The lowest BCUT2D eigenvalue weighted by molar-refractivity contribution is 0.461. The molecule has 0 aliphatic carbocycles. The summed E-state index contributed by atoms with van der Waals surface area (Å²) in [6.45, 7) is 10.4. The molecule has 0 fully saturated rings. The maximum Gasteiger partial charge on any atom is 0.151 e. The molecule has 2 nitrogen and oxygen atoms in total. The third-order valence-electron chi connectivity index (χ3n) is 3.55. The molecule has 0 aromatic rings. The highest BCUT2D eigenvalue weighted by Crippen LogP contribution is 2.26. The van der Waals surface area contributed by atoms with Gasteiger partial charge in [0.1, 0.15) is 0 Å². The average Bonchev–Trinajstić information content (AvgIpc) is 2.38. The second-order valence-electron chi connectivity index (χ2n) is 7.45. The van der Waals surface area contributed by atoms with Crippen molar-refractivity contribution in [3.63, 3.8) is 0 Å². The summed E-state index contributed by atoms with van der Waals surface area (Å²) in [6, 6.07) is 0. The minimum Gasteiger partial charge on any atom is -0.187 e. The SMILES string of the molecule is CCCCCCCCCCCCC(C)(Cl)N=NC(C)(C)C. The molecule has 0 aromatic carbocycles. The van der Waals surface area contributed by atoms with E-state index < -0.39 is 5.00 Å². The van der Waals surface area contributed by atoms with Crippen LogP contribution in [-0.4, -0.2) is 10.5 Å². The summed E-state index contributed by atoms with van der Waals surface area (Å²) in [5.41, 5.74) is -0.131. The molecule has 1 unspecified atom stereocenters. The molecule has 21 heavy (non-hydrogen) atoms. The molecule has 0 N–H and O–H groups in total. The summed E-state index contributed by atoms with van der Waals surface area (Å²) in [7, 11) is 0. The molecule has 0 aliphatic heterocycles. The number of azo groups is 1. The topological polar surface area (TPSA) is 24.7 Å². The predicted molar refractivity (Wildman–Crippen MR) is 95.3 cm³/mol. The van der Waals surface area contributed by atoms with Gasteiger partial charge in [-0.05, 0) is 40.5 Å². The van der Waals surface area contributed by atoms with Gasteiger partial charge in [0, 0.05) is 0 Å². The Morgan fingerprint density at radius 3 is 1.52 bits per heavy atom. The second kappa shape index (κ2) is 11.5. The maximum atomic E-state index is 6.39. The van der Waals surface area contributed by atoms with Crippen LogP contribution >= 0.6 is 11.6 Å². The molecule has 0 saturated heterocycles. The molecule has 0 heterocycles. The molecule has 0 aromatic heterocycles. The van der Waals surface area contributed by atoms with E-state index in [0.717, 1.165) is 12.8 Å². The summed E-state index contributed by atoms with van der Waals surface area (Å²) < 4.78 is 0. The summed E-state index contributed by atoms with van der Waals surface area (Å²) in [5, 5.41) is 8.58. The number of hydrogen-bond acceptors (Lipinski definition) is 2. The van der Waals surface area contributed by atoms with Gasteiger partial charge in [-0.3, -0.25) is 0 Å². The Morgan fingerprint density at radius 2 is 1.10 bits per heavy atom. The fourth-order valence-corrected chi connectivity index (χ4v) is 2.41. The predicted octanol–water partition coefficient (Wildman–Crippen LogP) is 7.50. The van der Waals surface area contributed by atoms with E-state index in [1.807, 2.05) is 27.7 Å². The highest BCUT2D eigenvalue weighted by molar-refractivity contribution is 6.23. The second-order valence-corrected chi connectivity index (χ2v) is 8.26. The zero-order valence-corrected chi connectivity index (χ0v) is 15.8. The fourth-order valence-electron chi connectivity index (χ4n) is 2.24. The Bertz CT molecular complexity index is 267. The van der Waals surface area contributed by atoms with Crippen LogP contribution in [0.4, 0.5) is 0 Å². The number of rotatable bonds is 12. The van der Waals surface area contributed by atoms with Gasteiger partial charge in [0.15, 0.2) is 5.00 Å². The molecule has 1 atom stereocenters. The minimum atomic E-state index is -0.520. The van der Waals surface area contributed by atoms with Gasteiger partial charge in [-0.1, -0.05) is 76.3 Å². The standard InChI is InChI=1S/C18H37ClN2/c1-6-7-8-9-10-11-12-13-14-15-16-18(5,19)21-20-17(2,3)4/h6-16H2,1-5H3. The molecule has 0 bridgehead atoms. The lowest BCUT2D eigenvalue weighted by atomic mass is 10.0. The molecule has 0 saturated carbocycles. The van der Waals surface area contributed by atoms with Gasteiger partial charge in [-0.25, -0.2) is 0 Å². The minimum absolute atomic E-state index is 0.131. The van der Waals surface area contributed by atoms with Crippen molar-refractivity contribution in [1.82, 2.24) is 0 Å². The third kappa shape index (κ3) is 16.1. The van der Waals surface area contributed by atoms with Gasteiger partial charge in [0.05, 0.1) is 5.54 Å². The van der Waals surface area contributed by atoms with Crippen LogP contribution in [-0.2, 0) is 0 Å². The summed E-state index contributed by atoms with van der Waals surface area (Å²) in [6.07, 6.45) is 14.4. The van der Waals surface area contributed by atoms with Gasteiger partial charge in [-0.2, -0.15) is 10.2 Å². The van der Waals surface area contributed by atoms with Crippen molar-refractivity contribution in [3.05, 3.63) is 0 Å². The summed E-state index contributed by atoms with van der Waals surface area (Å²) in [5.74, 6) is 0. The molecule has 0 aliphatic rings. The molecule has 0 spiro atoms. The highest BCUT2D eigenvalue weighted by Gasteiger charge is 2.20. The molecule has 0 radical (unpaired) electrons. The van der Waals surface area contributed by atoms with E-state index in [0.29, 0.717) is 0 Å². The van der Waals surface area contributed by atoms with Crippen LogP contribution in [0.1, 0.15) is 105 Å². The van der Waals surface area contributed by atoms with Gasteiger partial charge in [0.25, 0.3) is 0 Å². The molecule has 0 rings (SSSR count). The monoisotopic (exact) mass is 316 g/mol. The molecule has 126 valence electrons. The van der Waals surface area contributed by atoms with E-state index in [-0.39, 0.29) is 5.54 Å². The van der Waals surface area contributed by atoms with Crippen LogP contribution in [0.3, 0.4) is 0 Å². The van der Waals surface area contributed by atoms with Crippen LogP contribution in [0.2, 0.25) is 0 Å². The van der Waals surface area contributed by atoms with Crippen LogP contribution in [0, 0.1) is 0 Å². The van der Waals surface area contributed by atoms with Crippen molar-refractivity contribution < 1.29 is 0 Å². The Labute approximate surface area is 138 Å². The normalized spacial score (nSPS) is 15.5. The number of nitrogens with zero attached hydrogens (tertiary/aromatic N) is 2. The first-order valence-electron chi connectivity index (χ1n) is 8.90. The summed E-state index contributed by atoms with van der Waals surface area (Å²) >= 11 is 6.39.